The fourth-order valence-electron chi connectivity index (χ4n) is 1.09. The molecule has 0 aliphatic rings. The van der Waals surface area contributed by atoms with Crippen LogP contribution >= 0.6 is 15.9 Å². The lowest BCUT2D eigenvalue weighted by Gasteiger charge is -2.11. The van der Waals surface area contributed by atoms with Gasteiger partial charge >= 0.3 is 0 Å². The molecule has 18 heavy (non-hydrogen) atoms. The number of benzene rings is 1. The summed E-state index contributed by atoms with van der Waals surface area (Å²) in [5.41, 5.74) is 10.6. The van der Waals surface area contributed by atoms with Gasteiger partial charge < -0.3 is 16.6 Å². The van der Waals surface area contributed by atoms with Gasteiger partial charge in [-0.1, -0.05) is 0 Å². The van der Waals surface area contributed by atoms with Crippen LogP contribution in [0.25, 0.3) is 0 Å². The SMILES string of the molecule is NC(=O)C(O)CNS(=O)(=O)c1cc(N)ccc1Br. The number of nitrogens with one attached hydrogen (secondary N) is 1. The topological polar surface area (TPSA) is 136 Å². The predicted octanol–water partition coefficient (Wildman–Crippen LogP) is -0.844. The fraction of sp³-hybridized carbons (Fsp3) is 0.222. The molecule has 0 aliphatic heterocycles. The number of amides is 1. The molecule has 1 aromatic rings. The summed E-state index contributed by atoms with van der Waals surface area (Å²) < 4.78 is 26.1. The van der Waals surface area contributed by atoms with Gasteiger partial charge in [-0.25, -0.2) is 13.1 Å². The Kier molecular flexibility index (Phi) is 4.68. The van der Waals surface area contributed by atoms with Crippen LogP contribution in [0.2, 0.25) is 0 Å². The number of nitrogen functional groups attached to an aromatic ring is 1. The quantitative estimate of drug-likeness (QED) is 0.519. The molecule has 0 bridgehead atoms. The maximum Gasteiger partial charge on any atom is 0.247 e. The van der Waals surface area contributed by atoms with Crippen molar-refractivity contribution in [3.05, 3.63) is 22.7 Å². The second kappa shape index (κ2) is 5.65. The molecule has 7 nitrogen and oxygen atoms in total. The number of anilines is 1. The Morgan fingerprint density at radius 2 is 2.11 bits per heavy atom. The zero-order valence-electron chi connectivity index (χ0n) is 9.13. The van der Waals surface area contributed by atoms with Crippen LogP contribution in [-0.4, -0.2) is 32.1 Å². The van der Waals surface area contributed by atoms with E-state index >= 15 is 0 Å². The summed E-state index contributed by atoms with van der Waals surface area (Å²) in [7, 11) is -3.89. The van der Waals surface area contributed by atoms with Crippen molar-refractivity contribution in [3.63, 3.8) is 0 Å². The highest BCUT2D eigenvalue weighted by Gasteiger charge is 2.20. The van der Waals surface area contributed by atoms with Crippen molar-refractivity contribution < 1.29 is 18.3 Å². The number of nitrogens with two attached hydrogens (primary N) is 2. The Morgan fingerprint density at radius 1 is 1.50 bits per heavy atom. The Hall–Kier alpha value is -1.16. The van der Waals surface area contributed by atoms with E-state index in [9.17, 15) is 13.2 Å². The van der Waals surface area contributed by atoms with Crippen molar-refractivity contribution in [3.8, 4) is 0 Å². The third kappa shape index (κ3) is 3.67. The van der Waals surface area contributed by atoms with E-state index in [2.05, 4.69) is 20.7 Å². The molecular weight excluding hydrogens is 326 g/mol. The summed E-state index contributed by atoms with van der Waals surface area (Å²) in [5.74, 6) is -1.01. The molecule has 9 heteroatoms. The maximum atomic E-state index is 11.9. The number of aliphatic hydroxyl groups excluding tert-OH is 1. The van der Waals surface area contributed by atoms with E-state index in [1.54, 1.807) is 0 Å². The van der Waals surface area contributed by atoms with E-state index in [-0.39, 0.29) is 10.6 Å². The highest BCUT2D eigenvalue weighted by atomic mass is 79.9. The molecule has 0 aromatic heterocycles. The van der Waals surface area contributed by atoms with Crippen molar-refractivity contribution in [1.82, 2.24) is 4.72 Å². The Labute approximate surface area is 112 Å². The van der Waals surface area contributed by atoms with Gasteiger partial charge in [0.2, 0.25) is 15.9 Å². The molecule has 100 valence electrons. The minimum absolute atomic E-state index is 0.0841. The first-order valence-corrected chi connectivity index (χ1v) is 7.03. The Bertz CT molecular complexity index is 561. The van der Waals surface area contributed by atoms with Gasteiger partial charge in [-0.05, 0) is 34.1 Å². The molecule has 1 amide bonds. The lowest BCUT2D eigenvalue weighted by atomic mass is 10.3. The summed E-state index contributed by atoms with van der Waals surface area (Å²) in [5, 5.41) is 9.12. The number of rotatable bonds is 5. The van der Waals surface area contributed by atoms with Crippen LogP contribution < -0.4 is 16.2 Å². The van der Waals surface area contributed by atoms with Crippen LogP contribution in [0.15, 0.2) is 27.6 Å². The number of hydrogen-bond donors (Lipinski definition) is 4. The first-order valence-electron chi connectivity index (χ1n) is 4.76. The molecule has 6 N–H and O–H groups in total. The van der Waals surface area contributed by atoms with Gasteiger partial charge in [0.1, 0.15) is 6.10 Å². The maximum absolute atomic E-state index is 11.9. The van der Waals surface area contributed by atoms with E-state index in [1.807, 2.05) is 0 Å². The number of halogens is 1. The molecule has 0 aliphatic carbocycles. The zero-order chi connectivity index (χ0) is 13.9. The van der Waals surface area contributed by atoms with Crippen LogP contribution in [0.5, 0.6) is 0 Å². The normalized spacial score (nSPS) is 13.2. The number of hydrogen-bond acceptors (Lipinski definition) is 5. The van der Waals surface area contributed by atoms with Gasteiger partial charge in [-0.2, -0.15) is 0 Å². The van der Waals surface area contributed by atoms with Crippen LogP contribution in [0, 0.1) is 0 Å². The molecule has 0 saturated carbocycles. The van der Waals surface area contributed by atoms with E-state index in [4.69, 9.17) is 16.6 Å². The number of sulfonamides is 1. The van der Waals surface area contributed by atoms with Crippen molar-refractivity contribution in [2.24, 2.45) is 5.73 Å². The average molecular weight is 338 g/mol. The van der Waals surface area contributed by atoms with Gasteiger partial charge in [-0.15, -0.1) is 0 Å². The van der Waals surface area contributed by atoms with E-state index < -0.39 is 28.6 Å². The highest BCUT2D eigenvalue weighted by Crippen LogP contribution is 2.23. The van der Waals surface area contributed by atoms with Gasteiger partial charge in [0.15, 0.2) is 0 Å². The van der Waals surface area contributed by atoms with Crippen molar-refractivity contribution in [2.75, 3.05) is 12.3 Å². The zero-order valence-corrected chi connectivity index (χ0v) is 11.5. The summed E-state index contributed by atoms with van der Waals surface area (Å²) in [6.45, 7) is -0.501. The van der Waals surface area contributed by atoms with E-state index in [0.29, 0.717) is 4.47 Å². The van der Waals surface area contributed by atoms with Gasteiger partial charge in [0.05, 0.1) is 4.90 Å². The van der Waals surface area contributed by atoms with Gasteiger partial charge in [0.25, 0.3) is 0 Å². The largest absolute Gasteiger partial charge is 0.399 e. The highest BCUT2D eigenvalue weighted by molar-refractivity contribution is 9.10. The van der Waals surface area contributed by atoms with Crippen molar-refractivity contribution >= 4 is 37.5 Å². The molecule has 0 fully saturated rings. The fourth-order valence-corrected chi connectivity index (χ4v) is 3.13. The Balaban J connectivity index is 2.93. The molecule has 0 radical (unpaired) electrons. The monoisotopic (exact) mass is 337 g/mol. The molecule has 0 spiro atoms. The van der Waals surface area contributed by atoms with Crippen molar-refractivity contribution in [1.29, 1.82) is 0 Å². The van der Waals surface area contributed by atoms with E-state index in [0.717, 1.165) is 0 Å². The summed E-state index contributed by atoms with van der Waals surface area (Å²) in [4.78, 5) is 10.5. The average Bonchev–Trinajstić information content (AvgIpc) is 2.29. The third-order valence-corrected chi connectivity index (χ3v) is 4.46. The van der Waals surface area contributed by atoms with Crippen LogP contribution in [0.4, 0.5) is 5.69 Å². The van der Waals surface area contributed by atoms with Crippen LogP contribution in [0.1, 0.15) is 0 Å². The first kappa shape index (κ1) is 14.9. The third-order valence-electron chi connectivity index (χ3n) is 2.04. The summed E-state index contributed by atoms with van der Waals surface area (Å²) in [6.07, 6.45) is -1.58. The smallest absolute Gasteiger partial charge is 0.247 e. The predicted molar refractivity (Wildman–Crippen MR) is 68.9 cm³/mol. The van der Waals surface area contributed by atoms with Crippen LogP contribution in [0.3, 0.4) is 0 Å². The molecule has 1 aromatic carbocycles. The molecule has 1 atom stereocenters. The molecular formula is C9H12BrN3O4S. The summed E-state index contributed by atoms with van der Waals surface area (Å²) in [6, 6.07) is 4.26. The second-order valence-corrected chi connectivity index (χ2v) is 6.05. The second-order valence-electron chi connectivity index (χ2n) is 3.46. The molecule has 0 saturated heterocycles. The minimum atomic E-state index is -3.89. The van der Waals surface area contributed by atoms with E-state index in [1.165, 1.54) is 18.2 Å². The van der Waals surface area contributed by atoms with Crippen LogP contribution in [-0.2, 0) is 14.8 Å². The number of carbonyl (C=O) groups is 1. The minimum Gasteiger partial charge on any atom is -0.399 e. The standard InChI is InChI=1S/C9H12BrN3O4S/c10-6-2-1-5(11)3-8(6)18(16,17)13-4-7(14)9(12)15/h1-3,7,13-14H,4,11H2,(H2,12,15). The summed E-state index contributed by atoms with van der Waals surface area (Å²) >= 11 is 3.07. The first-order chi connectivity index (χ1) is 8.24. The number of primary amides is 1. The lowest BCUT2D eigenvalue weighted by molar-refractivity contribution is -0.125. The Morgan fingerprint density at radius 3 is 2.67 bits per heavy atom. The molecule has 1 unspecified atom stereocenters. The van der Waals surface area contributed by atoms with Crippen molar-refractivity contribution in [2.45, 2.75) is 11.0 Å². The molecule has 1 rings (SSSR count). The van der Waals surface area contributed by atoms with Gasteiger partial charge in [-0.3, -0.25) is 4.79 Å². The van der Waals surface area contributed by atoms with Gasteiger partial charge in [0, 0.05) is 16.7 Å². The number of carbonyl (C=O) groups excluding carboxylic acids is 1. The lowest BCUT2D eigenvalue weighted by Crippen LogP contribution is -2.40. The molecule has 0 heterocycles. The number of aliphatic hydroxyl groups is 1.